The summed E-state index contributed by atoms with van der Waals surface area (Å²) in [5, 5.41) is 2.62. The first kappa shape index (κ1) is 21.3. The Labute approximate surface area is 172 Å². The van der Waals surface area contributed by atoms with Crippen LogP contribution in [-0.2, 0) is 21.1 Å². The van der Waals surface area contributed by atoms with E-state index < -0.39 is 15.1 Å². The molecule has 0 spiro atoms. The molecule has 2 aromatic rings. The molecule has 3 rings (SSSR count). The average molecular weight is 417 g/mol. The summed E-state index contributed by atoms with van der Waals surface area (Å²) >= 11 is 0. The van der Waals surface area contributed by atoms with Crippen molar-refractivity contribution >= 4 is 15.7 Å². The van der Waals surface area contributed by atoms with Crippen LogP contribution in [0.15, 0.2) is 53.6 Å². The van der Waals surface area contributed by atoms with E-state index in [9.17, 15) is 13.2 Å². The highest BCUT2D eigenvalue weighted by molar-refractivity contribution is 7.92. The summed E-state index contributed by atoms with van der Waals surface area (Å²) in [5.74, 6) is 0.599. The van der Waals surface area contributed by atoms with Crippen LogP contribution in [0.2, 0.25) is 0 Å². The molecule has 1 aliphatic rings. The van der Waals surface area contributed by atoms with Crippen LogP contribution >= 0.6 is 0 Å². The lowest BCUT2D eigenvalue weighted by atomic mass is 9.92. The van der Waals surface area contributed by atoms with Gasteiger partial charge in [0.2, 0.25) is 11.8 Å². The molecule has 1 N–H and O–H groups in total. The standard InChI is InChI=1S/C22H28N2O4S/c1-16(2)29(26,27)20-12-6-17(7-13-20)15-21(25)24-18-8-10-19(11-9-18)28-22-5-3-4-14-23-22/h3-7,12-14,16,18-19H,8-11,15H2,1-2H3,(H,24,25). The SMILES string of the molecule is CC(C)S(=O)(=O)c1ccc(CC(=O)NC2CCC(Oc3ccccn3)CC2)cc1. The number of ether oxygens (including phenoxy) is 1. The van der Waals surface area contributed by atoms with Crippen LogP contribution in [0.25, 0.3) is 0 Å². The van der Waals surface area contributed by atoms with E-state index in [1.165, 1.54) is 0 Å². The number of sulfone groups is 1. The minimum Gasteiger partial charge on any atom is -0.474 e. The number of nitrogens with one attached hydrogen (secondary N) is 1. The molecule has 1 aromatic carbocycles. The molecule has 1 aromatic heterocycles. The third-order valence-corrected chi connectivity index (χ3v) is 7.37. The maximum absolute atomic E-state index is 12.4. The first-order valence-corrected chi connectivity index (χ1v) is 11.6. The molecule has 29 heavy (non-hydrogen) atoms. The lowest BCUT2D eigenvalue weighted by molar-refractivity contribution is -0.121. The van der Waals surface area contributed by atoms with Gasteiger partial charge in [0.1, 0.15) is 6.10 Å². The molecular weight excluding hydrogens is 388 g/mol. The largest absolute Gasteiger partial charge is 0.474 e. The summed E-state index contributed by atoms with van der Waals surface area (Å²) < 4.78 is 30.2. The smallest absolute Gasteiger partial charge is 0.224 e. The summed E-state index contributed by atoms with van der Waals surface area (Å²) in [7, 11) is -3.29. The fourth-order valence-corrected chi connectivity index (χ4v) is 4.51. The predicted octanol–water partition coefficient (Wildman–Crippen LogP) is 3.31. The van der Waals surface area contributed by atoms with Crippen molar-refractivity contribution in [3.8, 4) is 5.88 Å². The van der Waals surface area contributed by atoms with E-state index in [-0.39, 0.29) is 24.5 Å². The van der Waals surface area contributed by atoms with Gasteiger partial charge in [-0.1, -0.05) is 18.2 Å². The van der Waals surface area contributed by atoms with Crippen molar-refractivity contribution in [3.63, 3.8) is 0 Å². The number of rotatable bonds is 7. The van der Waals surface area contributed by atoms with Gasteiger partial charge >= 0.3 is 0 Å². The average Bonchev–Trinajstić information content (AvgIpc) is 2.70. The van der Waals surface area contributed by atoms with Gasteiger partial charge in [-0.2, -0.15) is 0 Å². The van der Waals surface area contributed by atoms with Crippen molar-refractivity contribution in [2.24, 2.45) is 0 Å². The van der Waals surface area contributed by atoms with Crippen LogP contribution < -0.4 is 10.1 Å². The summed E-state index contributed by atoms with van der Waals surface area (Å²) in [5.41, 5.74) is 0.803. The highest BCUT2D eigenvalue weighted by atomic mass is 32.2. The Bertz CT molecular complexity index is 904. The third kappa shape index (κ3) is 5.79. The molecule has 0 bridgehead atoms. The van der Waals surface area contributed by atoms with E-state index in [0.29, 0.717) is 10.8 Å². The van der Waals surface area contributed by atoms with Crippen molar-refractivity contribution < 1.29 is 17.9 Å². The molecule has 0 atom stereocenters. The maximum atomic E-state index is 12.4. The fourth-order valence-electron chi connectivity index (χ4n) is 3.45. The molecule has 0 radical (unpaired) electrons. The molecule has 1 aliphatic carbocycles. The zero-order valence-electron chi connectivity index (χ0n) is 16.9. The number of aromatic nitrogens is 1. The van der Waals surface area contributed by atoms with Crippen molar-refractivity contribution in [2.45, 2.75) is 68.2 Å². The van der Waals surface area contributed by atoms with Gasteiger partial charge in [0.15, 0.2) is 9.84 Å². The number of hydrogen-bond donors (Lipinski definition) is 1. The maximum Gasteiger partial charge on any atom is 0.224 e. The first-order valence-electron chi connectivity index (χ1n) is 10.0. The van der Waals surface area contributed by atoms with Gasteiger partial charge in [-0.05, 0) is 63.3 Å². The van der Waals surface area contributed by atoms with Crippen LogP contribution in [0.4, 0.5) is 0 Å². The molecule has 6 nitrogen and oxygen atoms in total. The second-order valence-corrected chi connectivity index (χ2v) is 10.2. The Morgan fingerprint density at radius 1 is 1.10 bits per heavy atom. The predicted molar refractivity (Wildman–Crippen MR) is 112 cm³/mol. The Morgan fingerprint density at radius 2 is 1.79 bits per heavy atom. The lowest BCUT2D eigenvalue weighted by Crippen LogP contribution is -2.40. The minimum absolute atomic E-state index is 0.0430. The van der Waals surface area contributed by atoms with E-state index >= 15 is 0 Å². The Morgan fingerprint density at radius 3 is 2.38 bits per heavy atom. The summed E-state index contributed by atoms with van der Waals surface area (Å²) in [6.07, 6.45) is 5.59. The normalized spacial score (nSPS) is 19.7. The molecule has 1 saturated carbocycles. The molecule has 156 valence electrons. The molecule has 0 saturated heterocycles. The fraction of sp³-hybridized carbons (Fsp3) is 0.455. The first-order chi connectivity index (χ1) is 13.8. The monoisotopic (exact) mass is 416 g/mol. The Kier molecular flexibility index (Phi) is 6.90. The molecular formula is C22H28N2O4S. The highest BCUT2D eigenvalue weighted by Gasteiger charge is 2.24. The number of hydrogen-bond acceptors (Lipinski definition) is 5. The van der Waals surface area contributed by atoms with Gasteiger partial charge in [-0.25, -0.2) is 13.4 Å². The molecule has 1 heterocycles. The van der Waals surface area contributed by atoms with E-state index in [2.05, 4.69) is 10.3 Å². The van der Waals surface area contributed by atoms with Crippen molar-refractivity contribution in [1.82, 2.24) is 10.3 Å². The number of amides is 1. The van der Waals surface area contributed by atoms with Gasteiger partial charge in [0.05, 0.1) is 16.6 Å². The van der Waals surface area contributed by atoms with E-state index in [1.54, 1.807) is 44.3 Å². The van der Waals surface area contributed by atoms with Crippen LogP contribution in [0.3, 0.4) is 0 Å². The topological polar surface area (TPSA) is 85.4 Å². The number of pyridine rings is 1. The third-order valence-electron chi connectivity index (χ3n) is 5.20. The van der Waals surface area contributed by atoms with Gasteiger partial charge in [-0.15, -0.1) is 0 Å². The van der Waals surface area contributed by atoms with Gasteiger partial charge in [0.25, 0.3) is 0 Å². The molecule has 1 fully saturated rings. The van der Waals surface area contributed by atoms with E-state index in [4.69, 9.17) is 4.74 Å². The Hall–Kier alpha value is -2.41. The van der Waals surface area contributed by atoms with Gasteiger partial charge in [-0.3, -0.25) is 4.79 Å². The zero-order chi connectivity index (χ0) is 20.9. The van der Waals surface area contributed by atoms with Crippen LogP contribution in [0.5, 0.6) is 5.88 Å². The lowest BCUT2D eigenvalue weighted by Gasteiger charge is -2.29. The van der Waals surface area contributed by atoms with Crippen LogP contribution in [-0.4, -0.2) is 36.7 Å². The van der Waals surface area contributed by atoms with Gasteiger partial charge in [0, 0.05) is 18.3 Å². The van der Waals surface area contributed by atoms with Crippen LogP contribution in [0.1, 0.15) is 45.1 Å². The van der Waals surface area contributed by atoms with E-state index in [1.807, 2.05) is 18.2 Å². The van der Waals surface area contributed by atoms with Crippen LogP contribution in [0, 0.1) is 0 Å². The van der Waals surface area contributed by atoms with Crippen molar-refractivity contribution in [1.29, 1.82) is 0 Å². The number of benzene rings is 1. The zero-order valence-corrected chi connectivity index (χ0v) is 17.7. The Balaban J connectivity index is 1.45. The van der Waals surface area contributed by atoms with Crippen molar-refractivity contribution in [3.05, 3.63) is 54.2 Å². The van der Waals surface area contributed by atoms with Gasteiger partial charge < -0.3 is 10.1 Å². The highest BCUT2D eigenvalue weighted by Crippen LogP contribution is 2.23. The molecule has 0 aliphatic heterocycles. The van der Waals surface area contributed by atoms with E-state index in [0.717, 1.165) is 31.2 Å². The molecule has 1 amide bonds. The molecule has 7 heteroatoms. The second-order valence-electron chi connectivity index (χ2n) is 7.74. The van der Waals surface area contributed by atoms with Crippen molar-refractivity contribution in [2.75, 3.05) is 0 Å². The number of carbonyl (C=O) groups is 1. The molecule has 0 unspecified atom stereocenters. The summed E-state index contributed by atoms with van der Waals surface area (Å²) in [4.78, 5) is 16.9. The number of carbonyl (C=O) groups excluding carboxylic acids is 1. The minimum atomic E-state index is -3.29. The number of nitrogens with zero attached hydrogens (tertiary/aromatic N) is 1. The summed E-state index contributed by atoms with van der Waals surface area (Å²) in [6.45, 7) is 3.32. The second kappa shape index (κ2) is 9.39. The summed E-state index contributed by atoms with van der Waals surface area (Å²) in [6, 6.07) is 12.3. The quantitative estimate of drug-likeness (QED) is 0.748.